The third kappa shape index (κ3) is 2.93. The number of thiazole rings is 1. The maximum atomic E-state index is 12.6. The highest BCUT2D eigenvalue weighted by atomic mass is 32.1. The number of benzene rings is 2. The average Bonchev–Trinajstić information content (AvgIpc) is 3.24. The summed E-state index contributed by atoms with van der Waals surface area (Å²) < 4.78 is 1.23. The van der Waals surface area contributed by atoms with Crippen molar-refractivity contribution in [2.75, 3.05) is 24.7 Å². The highest BCUT2D eigenvalue weighted by Gasteiger charge is 2.39. The Kier molecular flexibility index (Phi) is 4.25. The van der Waals surface area contributed by atoms with Crippen LogP contribution in [0.5, 0.6) is 0 Å². The molecule has 5 rings (SSSR count). The van der Waals surface area contributed by atoms with Gasteiger partial charge < -0.3 is 4.90 Å². The van der Waals surface area contributed by atoms with Crippen LogP contribution in [-0.2, 0) is 4.79 Å². The minimum absolute atomic E-state index is 0.377. The Morgan fingerprint density at radius 1 is 1.21 bits per heavy atom. The van der Waals surface area contributed by atoms with E-state index in [0.717, 1.165) is 42.7 Å². The molecule has 3 heterocycles. The van der Waals surface area contributed by atoms with Gasteiger partial charge in [-0.1, -0.05) is 23.8 Å². The normalized spacial score (nSPS) is 22.1. The summed E-state index contributed by atoms with van der Waals surface area (Å²) in [6.45, 7) is 4.45. The van der Waals surface area contributed by atoms with Gasteiger partial charge in [0.25, 0.3) is 5.78 Å². The second-order valence-electron chi connectivity index (χ2n) is 7.80. The lowest BCUT2D eigenvalue weighted by Crippen LogP contribution is -3.15. The largest absolute Gasteiger partial charge is 0.317 e. The first-order chi connectivity index (χ1) is 13.6. The van der Waals surface area contributed by atoms with E-state index >= 15 is 0 Å². The monoisotopic (exact) mass is 392 g/mol. The molecule has 5 nitrogen and oxygen atoms in total. The number of nitrogens with zero attached hydrogens (tertiary/aromatic N) is 2. The van der Waals surface area contributed by atoms with Gasteiger partial charge in [0.05, 0.1) is 40.5 Å². The molecule has 0 aliphatic carbocycles. The Hall–Kier alpha value is -2.57. The number of carbonyl (C=O) groups is 2. The standard InChI is InChI=1S/C22H21N3O2S/c1-14-8-9-18-16(11-14)20(26)22(27)25(18)13-24-10-4-5-15(12-24)21-23-17-6-2-3-7-19(17)28-21/h2-3,6-9,11,15H,4-5,10,12-13H2,1H3/p+1/t15-/m0/s1. The Morgan fingerprint density at radius 2 is 2.07 bits per heavy atom. The summed E-state index contributed by atoms with van der Waals surface area (Å²) >= 11 is 1.78. The topological polar surface area (TPSA) is 54.7 Å². The first kappa shape index (κ1) is 17.5. The van der Waals surface area contributed by atoms with Gasteiger partial charge in [-0.2, -0.15) is 0 Å². The Balaban J connectivity index is 1.36. The zero-order valence-electron chi connectivity index (χ0n) is 15.8. The van der Waals surface area contributed by atoms with Crippen molar-refractivity contribution in [1.29, 1.82) is 0 Å². The van der Waals surface area contributed by atoms with Gasteiger partial charge >= 0.3 is 5.91 Å². The zero-order chi connectivity index (χ0) is 19.3. The van der Waals surface area contributed by atoms with Crippen molar-refractivity contribution in [2.45, 2.75) is 25.7 Å². The number of Topliss-reactive ketones (excluding diaryl/α,β-unsaturated/α-hetero) is 1. The molecule has 1 amide bonds. The number of fused-ring (bicyclic) bond motifs is 2. The van der Waals surface area contributed by atoms with Gasteiger partial charge in [0, 0.05) is 0 Å². The molecule has 2 aromatic carbocycles. The van der Waals surface area contributed by atoms with Crippen LogP contribution in [0.2, 0.25) is 0 Å². The number of likely N-dealkylation sites (tertiary alicyclic amines) is 1. The van der Waals surface area contributed by atoms with E-state index in [2.05, 4.69) is 18.2 Å². The van der Waals surface area contributed by atoms with Crippen molar-refractivity contribution in [3.8, 4) is 0 Å². The number of piperidine rings is 1. The zero-order valence-corrected chi connectivity index (χ0v) is 16.6. The van der Waals surface area contributed by atoms with Crippen LogP contribution < -0.4 is 9.80 Å². The van der Waals surface area contributed by atoms with E-state index < -0.39 is 5.91 Å². The molecule has 2 aliphatic rings. The number of quaternary nitrogens is 1. The Labute approximate surface area is 167 Å². The lowest BCUT2D eigenvalue weighted by atomic mass is 9.99. The highest BCUT2D eigenvalue weighted by molar-refractivity contribution is 7.18. The molecule has 0 bridgehead atoms. The van der Waals surface area contributed by atoms with Crippen LogP contribution in [-0.4, -0.2) is 36.4 Å². The molecule has 1 N–H and O–H groups in total. The van der Waals surface area contributed by atoms with Crippen LogP contribution in [0.4, 0.5) is 5.69 Å². The fraction of sp³-hybridized carbons (Fsp3) is 0.318. The molecule has 1 saturated heterocycles. The van der Waals surface area contributed by atoms with Crippen LogP contribution in [0, 0.1) is 6.92 Å². The number of nitrogens with one attached hydrogen (secondary N) is 1. The quantitative estimate of drug-likeness (QED) is 0.697. The smallest absolute Gasteiger partial charge is 0.303 e. The van der Waals surface area contributed by atoms with Crippen LogP contribution in [0.15, 0.2) is 42.5 Å². The van der Waals surface area contributed by atoms with E-state index in [1.54, 1.807) is 16.2 Å². The number of para-hydroxylation sites is 1. The molecule has 0 spiro atoms. The van der Waals surface area contributed by atoms with Crippen molar-refractivity contribution in [3.63, 3.8) is 0 Å². The first-order valence-electron chi connectivity index (χ1n) is 9.76. The van der Waals surface area contributed by atoms with E-state index in [4.69, 9.17) is 4.98 Å². The molecule has 28 heavy (non-hydrogen) atoms. The van der Waals surface area contributed by atoms with E-state index in [9.17, 15) is 9.59 Å². The predicted octanol–water partition coefficient (Wildman–Crippen LogP) is 2.55. The minimum Gasteiger partial charge on any atom is -0.317 e. The third-order valence-electron chi connectivity index (χ3n) is 5.79. The highest BCUT2D eigenvalue weighted by Crippen LogP contribution is 2.31. The molecular formula is C22H22N3O2S+. The summed E-state index contributed by atoms with van der Waals surface area (Å²) in [5, 5.41) is 1.19. The minimum atomic E-state index is -0.393. The number of aromatic nitrogens is 1. The number of anilines is 1. The van der Waals surface area contributed by atoms with Gasteiger partial charge in [0.1, 0.15) is 5.01 Å². The Bertz CT molecular complexity index is 1060. The summed E-state index contributed by atoms with van der Waals surface area (Å²) in [6, 6.07) is 14.0. The molecule has 2 aliphatic heterocycles. The first-order valence-corrected chi connectivity index (χ1v) is 10.6. The molecule has 142 valence electrons. The van der Waals surface area contributed by atoms with Gasteiger partial charge in [-0.05, 0) is 44.0 Å². The SMILES string of the molecule is Cc1ccc2c(c1)C(=O)C(=O)N2C[NH+]1CCC[C@H](c2nc3ccccc3s2)C1. The van der Waals surface area contributed by atoms with Crippen LogP contribution >= 0.6 is 11.3 Å². The maximum Gasteiger partial charge on any atom is 0.303 e. The Morgan fingerprint density at radius 3 is 2.93 bits per heavy atom. The number of hydrogen-bond donors (Lipinski definition) is 1. The lowest BCUT2D eigenvalue weighted by molar-refractivity contribution is -0.905. The van der Waals surface area contributed by atoms with Gasteiger partial charge in [-0.15, -0.1) is 11.3 Å². The number of hydrogen-bond acceptors (Lipinski definition) is 4. The summed E-state index contributed by atoms with van der Waals surface area (Å²) in [5.74, 6) is -0.361. The molecule has 1 unspecified atom stereocenters. The number of rotatable bonds is 3. The molecule has 1 fully saturated rings. The van der Waals surface area contributed by atoms with Crippen molar-refractivity contribution >= 4 is 38.9 Å². The predicted molar refractivity (Wildman–Crippen MR) is 110 cm³/mol. The van der Waals surface area contributed by atoms with Gasteiger partial charge in [-0.3, -0.25) is 14.5 Å². The van der Waals surface area contributed by atoms with Crippen LogP contribution in [0.1, 0.15) is 39.7 Å². The summed E-state index contributed by atoms with van der Waals surface area (Å²) in [5.41, 5.74) is 3.38. The van der Waals surface area contributed by atoms with Crippen molar-refractivity contribution in [1.82, 2.24) is 4.98 Å². The van der Waals surface area contributed by atoms with E-state index in [1.807, 2.05) is 31.2 Å². The molecule has 0 saturated carbocycles. The number of aryl methyl sites for hydroxylation is 1. The summed E-state index contributed by atoms with van der Waals surface area (Å²) in [7, 11) is 0. The molecule has 6 heteroatoms. The van der Waals surface area contributed by atoms with Crippen molar-refractivity contribution in [3.05, 3.63) is 58.6 Å². The lowest BCUT2D eigenvalue weighted by Gasteiger charge is -2.31. The summed E-state index contributed by atoms with van der Waals surface area (Å²) in [6.07, 6.45) is 2.23. The second kappa shape index (κ2) is 6.79. The van der Waals surface area contributed by atoms with E-state index in [0.29, 0.717) is 18.2 Å². The van der Waals surface area contributed by atoms with Crippen molar-refractivity contribution < 1.29 is 14.5 Å². The number of ketones is 1. The van der Waals surface area contributed by atoms with Gasteiger partial charge in [0.15, 0.2) is 6.67 Å². The molecule has 2 atom stereocenters. The van der Waals surface area contributed by atoms with Crippen LogP contribution in [0.3, 0.4) is 0 Å². The maximum absolute atomic E-state index is 12.6. The summed E-state index contributed by atoms with van der Waals surface area (Å²) in [4.78, 5) is 32.8. The van der Waals surface area contributed by atoms with Crippen molar-refractivity contribution in [2.24, 2.45) is 0 Å². The third-order valence-corrected chi connectivity index (χ3v) is 6.99. The van der Waals surface area contributed by atoms with E-state index in [1.165, 1.54) is 14.6 Å². The molecular weight excluding hydrogens is 370 g/mol. The number of carbonyl (C=O) groups excluding carboxylic acids is 2. The number of amides is 1. The molecule has 1 aromatic heterocycles. The second-order valence-corrected chi connectivity index (χ2v) is 8.87. The van der Waals surface area contributed by atoms with Gasteiger partial charge in [-0.25, -0.2) is 4.98 Å². The molecule has 0 radical (unpaired) electrons. The fourth-order valence-corrected chi connectivity index (χ4v) is 5.47. The van der Waals surface area contributed by atoms with Crippen LogP contribution in [0.25, 0.3) is 10.2 Å². The van der Waals surface area contributed by atoms with Gasteiger partial charge in [0.2, 0.25) is 0 Å². The fourth-order valence-electron chi connectivity index (χ4n) is 4.36. The average molecular weight is 393 g/mol. The molecule has 3 aromatic rings. The van der Waals surface area contributed by atoms with E-state index in [-0.39, 0.29) is 5.78 Å².